The number of hydrogen-bond acceptors (Lipinski definition) is 4. The van der Waals surface area contributed by atoms with Crippen LogP contribution < -0.4 is 11.1 Å². The minimum atomic E-state index is -0.209. The van der Waals surface area contributed by atoms with E-state index in [1.54, 1.807) is 7.11 Å². The summed E-state index contributed by atoms with van der Waals surface area (Å²) in [5, 5.41) is 2.92. The van der Waals surface area contributed by atoms with Crippen LogP contribution in [0.15, 0.2) is 24.3 Å². The minimum absolute atomic E-state index is 0. The van der Waals surface area contributed by atoms with E-state index in [0.717, 1.165) is 18.0 Å². The van der Waals surface area contributed by atoms with Crippen LogP contribution in [0, 0.1) is 5.92 Å². The van der Waals surface area contributed by atoms with Gasteiger partial charge in [0.15, 0.2) is 0 Å². The second kappa shape index (κ2) is 13.3. The fourth-order valence-electron chi connectivity index (χ4n) is 2.98. The van der Waals surface area contributed by atoms with Gasteiger partial charge in [-0.25, -0.2) is 0 Å². The van der Waals surface area contributed by atoms with Gasteiger partial charge in [-0.05, 0) is 43.0 Å². The summed E-state index contributed by atoms with van der Waals surface area (Å²) in [4.78, 5) is 14.4. The molecule has 0 saturated carbocycles. The molecule has 0 spiro atoms. The number of methoxy groups -OCH3 is 1. The number of carbonyl (C=O) groups is 1. The highest BCUT2D eigenvalue weighted by Gasteiger charge is 2.15. The lowest BCUT2D eigenvalue weighted by atomic mass is 9.99. The number of nitrogens with one attached hydrogen (secondary N) is 1. The SMILES string of the molecule is COC(CN)CC(=O)NCc1ccc(CN2CCC(C)CC2)cc1.Cl.Cl. The molecule has 0 radical (unpaired) electrons. The number of nitrogens with two attached hydrogens (primary N) is 1. The zero-order chi connectivity index (χ0) is 17.4. The van der Waals surface area contributed by atoms with Crippen molar-refractivity contribution in [1.29, 1.82) is 0 Å². The van der Waals surface area contributed by atoms with Crippen molar-refractivity contribution in [3.05, 3.63) is 35.4 Å². The minimum Gasteiger partial charge on any atom is -0.380 e. The molecule has 3 N–H and O–H groups in total. The highest BCUT2D eigenvalue weighted by molar-refractivity contribution is 5.85. The fraction of sp³-hybridized carbons (Fsp3) is 0.632. The Hall–Kier alpha value is -0.850. The summed E-state index contributed by atoms with van der Waals surface area (Å²) >= 11 is 0. The molecular formula is C19H33Cl2N3O2. The van der Waals surface area contributed by atoms with Gasteiger partial charge in [-0.15, -0.1) is 24.8 Å². The normalized spacial score (nSPS) is 16.3. The summed E-state index contributed by atoms with van der Waals surface area (Å²) in [7, 11) is 1.58. The van der Waals surface area contributed by atoms with E-state index < -0.39 is 0 Å². The molecule has 1 saturated heterocycles. The molecule has 1 fully saturated rings. The maximum Gasteiger partial charge on any atom is 0.222 e. The van der Waals surface area contributed by atoms with Crippen LogP contribution in [0.1, 0.15) is 37.3 Å². The van der Waals surface area contributed by atoms with Gasteiger partial charge in [0, 0.05) is 26.7 Å². The maximum atomic E-state index is 11.8. The van der Waals surface area contributed by atoms with Crippen LogP contribution in [0.25, 0.3) is 0 Å². The Morgan fingerprint density at radius 3 is 2.35 bits per heavy atom. The topological polar surface area (TPSA) is 67.6 Å². The number of ether oxygens (including phenoxy) is 1. The van der Waals surface area contributed by atoms with Crippen LogP contribution in [0.3, 0.4) is 0 Å². The standard InChI is InChI=1S/C19H31N3O2.2ClH/c1-15-7-9-22(10-8-15)14-17-5-3-16(4-6-17)13-21-19(23)11-18(12-20)24-2;;/h3-6,15,18H,7-14,20H2,1-2H3,(H,21,23);2*1H. The number of amides is 1. The van der Waals surface area contributed by atoms with E-state index in [9.17, 15) is 4.79 Å². The molecule has 1 aromatic carbocycles. The van der Waals surface area contributed by atoms with Crippen LogP contribution in [0.4, 0.5) is 0 Å². The van der Waals surface area contributed by atoms with E-state index in [1.165, 1.54) is 31.5 Å². The van der Waals surface area contributed by atoms with Crippen molar-refractivity contribution in [3.63, 3.8) is 0 Å². The Labute approximate surface area is 169 Å². The van der Waals surface area contributed by atoms with Crippen molar-refractivity contribution in [3.8, 4) is 0 Å². The number of benzene rings is 1. The Kier molecular flexibility index (Phi) is 12.9. The number of piperidine rings is 1. The third-order valence-corrected chi connectivity index (χ3v) is 4.80. The predicted molar refractivity (Wildman–Crippen MR) is 111 cm³/mol. The first-order chi connectivity index (χ1) is 11.6. The van der Waals surface area contributed by atoms with E-state index in [0.29, 0.717) is 19.5 Å². The molecule has 1 aromatic rings. The lowest BCUT2D eigenvalue weighted by molar-refractivity contribution is -0.123. The lowest BCUT2D eigenvalue weighted by Gasteiger charge is -2.30. The molecule has 150 valence electrons. The number of halogens is 2. The monoisotopic (exact) mass is 405 g/mol. The van der Waals surface area contributed by atoms with Crippen LogP contribution in [0.2, 0.25) is 0 Å². The third-order valence-electron chi connectivity index (χ3n) is 4.80. The Balaban J connectivity index is 0.00000312. The molecule has 0 bridgehead atoms. The summed E-state index contributed by atoms with van der Waals surface area (Å²) < 4.78 is 5.13. The van der Waals surface area contributed by atoms with E-state index >= 15 is 0 Å². The highest BCUT2D eigenvalue weighted by Crippen LogP contribution is 2.18. The summed E-state index contributed by atoms with van der Waals surface area (Å²) in [6, 6.07) is 8.52. The van der Waals surface area contributed by atoms with E-state index in [-0.39, 0.29) is 36.8 Å². The zero-order valence-corrected chi connectivity index (χ0v) is 17.4. The molecule has 1 unspecified atom stereocenters. The molecule has 2 rings (SSSR count). The zero-order valence-electron chi connectivity index (χ0n) is 15.8. The Morgan fingerprint density at radius 2 is 1.81 bits per heavy atom. The summed E-state index contributed by atoms with van der Waals surface area (Å²) in [5.74, 6) is 0.836. The fourth-order valence-corrected chi connectivity index (χ4v) is 2.98. The second-order valence-corrected chi connectivity index (χ2v) is 6.85. The van der Waals surface area contributed by atoms with Crippen LogP contribution >= 0.6 is 24.8 Å². The average molecular weight is 406 g/mol. The summed E-state index contributed by atoms with van der Waals surface area (Å²) in [6.45, 7) is 6.64. The van der Waals surface area contributed by atoms with Crippen LogP contribution in [-0.4, -0.2) is 43.7 Å². The Morgan fingerprint density at radius 1 is 1.23 bits per heavy atom. The van der Waals surface area contributed by atoms with E-state index in [1.807, 2.05) is 0 Å². The predicted octanol–water partition coefficient (Wildman–Crippen LogP) is 2.74. The number of nitrogens with zero attached hydrogens (tertiary/aromatic N) is 1. The van der Waals surface area contributed by atoms with Gasteiger partial charge in [0.05, 0.1) is 12.5 Å². The third kappa shape index (κ3) is 8.69. The lowest BCUT2D eigenvalue weighted by Crippen LogP contribution is -2.32. The largest absolute Gasteiger partial charge is 0.380 e. The molecule has 0 aromatic heterocycles. The van der Waals surface area contributed by atoms with Gasteiger partial charge in [0.2, 0.25) is 5.91 Å². The van der Waals surface area contributed by atoms with Crippen LogP contribution in [-0.2, 0) is 22.6 Å². The average Bonchev–Trinajstić information content (AvgIpc) is 2.61. The molecule has 1 aliphatic heterocycles. The first kappa shape index (κ1) is 25.1. The number of likely N-dealkylation sites (tertiary alicyclic amines) is 1. The van der Waals surface area contributed by atoms with Gasteiger partial charge in [-0.1, -0.05) is 31.2 Å². The van der Waals surface area contributed by atoms with E-state index in [2.05, 4.69) is 41.4 Å². The quantitative estimate of drug-likeness (QED) is 0.697. The highest BCUT2D eigenvalue weighted by atomic mass is 35.5. The summed E-state index contributed by atoms with van der Waals surface area (Å²) in [5.41, 5.74) is 7.98. The molecule has 0 aliphatic carbocycles. The van der Waals surface area contributed by atoms with Crippen molar-refractivity contribution in [2.24, 2.45) is 11.7 Å². The molecule has 5 nitrogen and oxygen atoms in total. The van der Waals surface area contributed by atoms with Crippen molar-refractivity contribution in [1.82, 2.24) is 10.2 Å². The van der Waals surface area contributed by atoms with E-state index in [4.69, 9.17) is 10.5 Å². The summed E-state index contributed by atoms with van der Waals surface area (Å²) in [6.07, 6.45) is 2.70. The number of hydrogen-bond donors (Lipinski definition) is 2. The van der Waals surface area contributed by atoms with Crippen molar-refractivity contribution < 1.29 is 9.53 Å². The van der Waals surface area contributed by atoms with Crippen LogP contribution in [0.5, 0.6) is 0 Å². The maximum absolute atomic E-state index is 11.8. The first-order valence-electron chi connectivity index (χ1n) is 8.90. The molecule has 1 atom stereocenters. The van der Waals surface area contributed by atoms with Crippen molar-refractivity contribution in [2.45, 2.75) is 45.4 Å². The van der Waals surface area contributed by atoms with Gasteiger partial charge >= 0.3 is 0 Å². The van der Waals surface area contributed by atoms with Gasteiger partial charge in [-0.3, -0.25) is 9.69 Å². The number of rotatable bonds is 8. The molecule has 26 heavy (non-hydrogen) atoms. The van der Waals surface area contributed by atoms with Crippen molar-refractivity contribution >= 4 is 30.7 Å². The van der Waals surface area contributed by atoms with Gasteiger partial charge < -0.3 is 15.8 Å². The molecule has 7 heteroatoms. The smallest absolute Gasteiger partial charge is 0.222 e. The molecule has 1 heterocycles. The molecule has 1 aliphatic rings. The van der Waals surface area contributed by atoms with Gasteiger partial charge in [0.1, 0.15) is 0 Å². The molecular weight excluding hydrogens is 373 g/mol. The number of carbonyl (C=O) groups excluding carboxylic acids is 1. The second-order valence-electron chi connectivity index (χ2n) is 6.85. The Bertz CT molecular complexity index is 502. The molecule has 1 amide bonds. The van der Waals surface area contributed by atoms with Crippen molar-refractivity contribution in [2.75, 3.05) is 26.7 Å². The first-order valence-corrected chi connectivity index (χ1v) is 8.90. The van der Waals surface area contributed by atoms with Gasteiger partial charge in [-0.2, -0.15) is 0 Å². The van der Waals surface area contributed by atoms with Gasteiger partial charge in [0.25, 0.3) is 0 Å².